The van der Waals surface area contributed by atoms with Crippen LogP contribution in [0.5, 0.6) is 0 Å². The molecular weight excluding hydrogens is 280 g/mol. The zero-order valence-corrected chi connectivity index (χ0v) is 12.7. The number of nitrogens with zero attached hydrogens (tertiary/aromatic N) is 2. The molecule has 0 atom stereocenters. The molecule has 2 heterocycles. The predicted molar refractivity (Wildman–Crippen MR) is 80.5 cm³/mol. The first-order chi connectivity index (χ1) is 8.95. The second kappa shape index (κ2) is 5.66. The molecule has 0 aliphatic heterocycles. The Morgan fingerprint density at radius 2 is 2.21 bits per heavy atom. The number of amides is 1. The normalized spacial score (nSPS) is 10.9. The van der Waals surface area contributed by atoms with Crippen molar-refractivity contribution in [3.8, 4) is 10.6 Å². The summed E-state index contributed by atoms with van der Waals surface area (Å²) in [5, 5.41) is 5.87. The van der Waals surface area contributed by atoms with Gasteiger partial charge in [-0.05, 0) is 12.8 Å². The second-order valence-electron chi connectivity index (χ2n) is 4.65. The van der Waals surface area contributed by atoms with Gasteiger partial charge in [0.05, 0.1) is 16.3 Å². The molecule has 1 amide bonds. The Hall–Kier alpha value is -1.47. The molecule has 3 N–H and O–H groups in total. The summed E-state index contributed by atoms with van der Waals surface area (Å²) in [7, 11) is 0. The van der Waals surface area contributed by atoms with Gasteiger partial charge in [-0.15, -0.1) is 11.3 Å². The maximum absolute atomic E-state index is 11.7. The lowest BCUT2D eigenvalue weighted by Crippen LogP contribution is -2.13. The van der Waals surface area contributed by atoms with E-state index in [9.17, 15) is 4.79 Å². The third-order valence-corrected chi connectivity index (χ3v) is 4.16. The topological polar surface area (TPSA) is 80.9 Å². The van der Waals surface area contributed by atoms with Gasteiger partial charge in [0.25, 0.3) is 0 Å². The average Bonchev–Trinajstić information content (AvgIpc) is 2.83. The third-order valence-electron chi connectivity index (χ3n) is 2.39. The van der Waals surface area contributed by atoms with Gasteiger partial charge in [-0.25, -0.2) is 9.97 Å². The van der Waals surface area contributed by atoms with Gasteiger partial charge < -0.3 is 11.1 Å². The molecule has 0 spiro atoms. The number of hydrogen-bond acceptors (Lipinski definition) is 6. The number of carbonyl (C=O) groups excluding carboxylic acids is 1. The van der Waals surface area contributed by atoms with Crippen LogP contribution in [0, 0.1) is 12.8 Å². The number of aromatic nitrogens is 2. The first-order valence-electron chi connectivity index (χ1n) is 5.94. The number of anilines is 2. The number of nitrogens with one attached hydrogen (secondary N) is 1. The minimum absolute atomic E-state index is 0.00640. The molecule has 0 aliphatic rings. The number of hydrogen-bond donors (Lipinski definition) is 2. The summed E-state index contributed by atoms with van der Waals surface area (Å²) in [5.41, 5.74) is 7.31. The van der Waals surface area contributed by atoms with E-state index in [0.717, 1.165) is 16.3 Å². The summed E-state index contributed by atoms with van der Waals surface area (Å²) in [6.07, 6.45) is 0.498. The van der Waals surface area contributed by atoms with Crippen molar-refractivity contribution in [2.75, 3.05) is 11.1 Å². The molecule has 0 saturated carbocycles. The van der Waals surface area contributed by atoms with Crippen molar-refractivity contribution in [3.05, 3.63) is 11.1 Å². The molecule has 0 aliphatic carbocycles. The van der Waals surface area contributed by atoms with Gasteiger partial charge in [0, 0.05) is 11.8 Å². The maximum Gasteiger partial charge on any atom is 0.226 e. The number of aryl methyl sites for hydroxylation is 1. The van der Waals surface area contributed by atoms with E-state index in [4.69, 9.17) is 5.73 Å². The lowest BCUT2D eigenvalue weighted by atomic mass is 10.1. The zero-order chi connectivity index (χ0) is 14.0. The standard InChI is InChI=1S/C12H16N4OS2/c1-6(2)4-9(17)16-12-14-7(3)10(19-12)8-5-18-11(13)15-8/h5-6H,4H2,1-3H3,(H2,13,15)(H,14,16,17). The Balaban J connectivity index is 2.15. The van der Waals surface area contributed by atoms with Gasteiger partial charge in [0.15, 0.2) is 10.3 Å². The summed E-state index contributed by atoms with van der Waals surface area (Å²) in [5.74, 6) is 0.326. The highest BCUT2D eigenvalue weighted by Gasteiger charge is 2.14. The van der Waals surface area contributed by atoms with Gasteiger partial charge in [-0.2, -0.15) is 0 Å². The Labute approximate surface area is 119 Å². The van der Waals surface area contributed by atoms with E-state index < -0.39 is 0 Å². The largest absolute Gasteiger partial charge is 0.375 e. The predicted octanol–water partition coefficient (Wildman–Crippen LogP) is 3.14. The Kier molecular flexibility index (Phi) is 4.16. The molecule has 2 aromatic heterocycles. The number of carbonyl (C=O) groups is 1. The average molecular weight is 296 g/mol. The van der Waals surface area contributed by atoms with E-state index in [1.165, 1.54) is 22.7 Å². The first kappa shape index (κ1) is 14.0. The monoisotopic (exact) mass is 296 g/mol. The molecule has 0 fully saturated rings. The minimum Gasteiger partial charge on any atom is -0.375 e. The number of nitrogens with two attached hydrogens (primary N) is 1. The summed E-state index contributed by atoms with van der Waals surface area (Å²) in [6, 6.07) is 0. The molecule has 19 heavy (non-hydrogen) atoms. The van der Waals surface area contributed by atoms with Crippen LogP contribution in [-0.2, 0) is 4.79 Å². The van der Waals surface area contributed by atoms with Crippen LogP contribution in [0.3, 0.4) is 0 Å². The second-order valence-corrected chi connectivity index (χ2v) is 6.54. The van der Waals surface area contributed by atoms with Crippen LogP contribution in [0.25, 0.3) is 10.6 Å². The molecule has 102 valence electrons. The van der Waals surface area contributed by atoms with Crippen molar-refractivity contribution < 1.29 is 4.79 Å². The fourth-order valence-corrected chi connectivity index (χ4v) is 3.19. The van der Waals surface area contributed by atoms with E-state index in [1.54, 1.807) is 0 Å². The zero-order valence-electron chi connectivity index (χ0n) is 11.1. The molecule has 0 unspecified atom stereocenters. The summed E-state index contributed by atoms with van der Waals surface area (Å²) in [6.45, 7) is 5.92. The molecule has 0 aromatic carbocycles. The van der Waals surface area contributed by atoms with Crippen LogP contribution in [0.15, 0.2) is 5.38 Å². The fraction of sp³-hybridized carbons (Fsp3) is 0.417. The van der Waals surface area contributed by atoms with Crippen molar-refractivity contribution in [1.82, 2.24) is 9.97 Å². The van der Waals surface area contributed by atoms with Gasteiger partial charge in [-0.3, -0.25) is 4.79 Å². The lowest BCUT2D eigenvalue weighted by molar-refractivity contribution is -0.116. The van der Waals surface area contributed by atoms with Crippen LogP contribution in [0.1, 0.15) is 26.0 Å². The van der Waals surface area contributed by atoms with E-state index in [2.05, 4.69) is 15.3 Å². The van der Waals surface area contributed by atoms with E-state index >= 15 is 0 Å². The van der Waals surface area contributed by atoms with Crippen LogP contribution in [0.4, 0.5) is 10.3 Å². The summed E-state index contributed by atoms with van der Waals surface area (Å²) >= 11 is 2.82. The van der Waals surface area contributed by atoms with Crippen LogP contribution in [0.2, 0.25) is 0 Å². The summed E-state index contributed by atoms with van der Waals surface area (Å²) < 4.78 is 0. The van der Waals surface area contributed by atoms with Crippen LogP contribution >= 0.6 is 22.7 Å². The number of rotatable bonds is 4. The number of nitrogen functional groups attached to an aromatic ring is 1. The first-order valence-corrected chi connectivity index (χ1v) is 7.64. The highest BCUT2D eigenvalue weighted by atomic mass is 32.1. The summed E-state index contributed by atoms with van der Waals surface area (Å²) in [4.78, 5) is 21.2. The molecule has 0 saturated heterocycles. The molecule has 0 radical (unpaired) electrons. The quantitative estimate of drug-likeness (QED) is 0.908. The van der Waals surface area contributed by atoms with E-state index in [-0.39, 0.29) is 5.91 Å². The van der Waals surface area contributed by atoms with E-state index in [0.29, 0.717) is 22.6 Å². The number of thiazole rings is 2. The smallest absolute Gasteiger partial charge is 0.226 e. The van der Waals surface area contributed by atoms with Gasteiger partial charge in [0.2, 0.25) is 5.91 Å². The fourth-order valence-electron chi connectivity index (χ4n) is 1.62. The molecule has 2 aromatic rings. The van der Waals surface area contributed by atoms with Crippen molar-refractivity contribution in [2.24, 2.45) is 5.92 Å². The van der Waals surface area contributed by atoms with Crippen molar-refractivity contribution in [2.45, 2.75) is 27.2 Å². The minimum atomic E-state index is -0.00640. The molecule has 0 bridgehead atoms. The maximum atomic E-state index is 11.7. The van der Waals surface area contributed by atoms with Crippen molar-refractivity contribution >= 4 is 38.8 Å². The SMILES string of the molecule is Cc1nc(NC(=O)CC(C)C)sc1-c1csc(N)n1. The van der Waals surface area contributed by atoms with Gasteiger partial charge in [-0.1, -0.05) is 25.2 Å². The third kappa shape index (κ3) is 3.51. The molecule has 2 rings (SSSR count). The Morgan fingerprint density at radius 3 is 2.79 bits per heavy atom. The highest BCUT2D eigenvalue weighted by molar-refractivity contribution is 7.19. The molecule has 5 nitrogen and oxygen atoms in total. The molecular formula is C12H16N4OS2. The molecule has 7 heteroatoms. The van der Waals surface area contributed by atoms with Crippen molar-refractivity contribution in [3.63, 3.8) is 0 Å². The Morgan fingerprint density at radius 1 is 1.47 bits per heavy atom. The van der Waals surface area contributed by atoms with Crippen LogP contribution in [-0.4, -0.2) is 15.9 Å². The lowest BCUT2D eigenvalue weighted by Gasteiger charge is -2.03. The van der Waals surface area contributed by atoms with E-state index in [1.807, 2.05) is 26.2 Å². The van der Waals surface area contributed by atoms with Crippen LogP contribution < -0.4 is 11.1 Å². The van der Waals surface area contributed by atoms with Gasteiger partial charge in [0.1, 0.15) is 0 Å². The Bertz CT molecular complexity index is 588. The van der Waals surface area contributed by atoms with Crippen molar-refractivity contribution in [1.29, 1.82) is 0 Å². The van der Waals surface area contributed by atoms with Gasteiger partial charge >= 0.3 is 0 Å². The highest BCUT2D eigenvalue weighted by Crippen LogP contribution is 2.33.